The molecule has 9 heavy (non-hydrogen) atoms. The fourth-order valence-electron chi connectivity index (χ4n) is 1.00. The van der Waals surface area contributed by atoms with Crippen LogP contribution in [0.4, 0.5) is 0 Å². The van der Waals surface area contributed by atoms with E-state index in [9.17, 15) is 0 Å². The first-order valence-corrected chi connectivity index (χ1v) is 3.42. The molecule has 0 amide bonds. The van der Waals surface area contributed by atoms with Crippen LogP contribution in [0.25, 0.3) is 0 Å². The summed E-state index contributed by atoms with van der Waals surface area (Å²) in [5.74, 6) is 0. The van der Waals surface area contributed by atoms with Gasteiger partial charge in [-0.3, -0.25) is 0 Å². The van der Waals surface area contributed by atoms with E-state index in [4.69, 9.17) is 5.73 Å². The van der Waals surface area contributed by atoms with Crippen molar-refractivity contribution in [2.45, 2.75) is 25.8 Å². The number of nitrogens with two attached hydrogens (primary N) is 1. The third-order valence-electron chi connectivity index (χ3n) is 1.63. The van der Waals surface area contributed by atoms with Crippen LogP contribution in [0.5, 0.6) is 0 Å². The maximum atomic E-state index is 5.66. The zero-order valence-electron chi connectivity index (χ0n) is 5.80. The molecule has 1 aliphatic rings. The van der Waals surface area contributed by atoms with Crippen molar-refractivity contribution < 1.29 is 0 Å². The maximum absolute atomic E-state index is 5.66. The van der Waals surface area contributed by atoms with Crippen molar-refractivity contribution >= 4 is 0 Å². The molecule has 2 N–H and O–H groups in total. The minimum Gasteiger partial charge on any atom is -0.324 e. The Balaban J connectivity index is 2.57. The smallest absolute Gasteiger partial charge is 0.0227 e. The molecule has 1 heteroatoms. The van der Waals surface area contributed by atoms with Crippen LogP contribution in [0, 0.1) is 0 Å². The van der Waals surface area contributed by atoms with Crippen LogP contribution in [0.15, 0.2) is 23.8 Å². The van der Waals surface area contributed by atoms with Crippen LogP contribution in [-0.2, 0) is 0 Å². The minimum absolute atomic E-state index is 0.245. The molecule has 1 aliphatic carbocycles. The molecule has 0 fully saturated rings. The molecule has 0 bridgehead atoms. The second kappa shape index (κ2) is 2.83. The predicted molar refractivity (Wildman–Crippen MR) is 40.1 cm³/mol. The zero-order chi connectivity index (χ0) is 6.69. The van der Waals surface area contributed by atoms with Gasteiger partial charge in [0.1, 0.15) is 0 Å². The Morgan fingerprint density at radius 3 is 2.78 bits per heavy atom. The summed E-state index contributed by atoms with van der Waals surface area (Å²) in [6.07, 6.45) is 8.68. The Hall–Kier alpha value is -0.560. The molecule has 50 valence electrons. The standard InChI is InChI=1S/C8H13N/c1-7(9)8-5-3-2-4-6-8/h2-3,5,7H,4,6,9H2,1H3/t7-/m1/s1. The van der Waals surface area contributed by atoms with Gasteiger partial charge in [0.25, 0.3) is 0 Å². The summed E-state index contributed by atoms with van der Waals surface area (Å²) in [6.45, 7) is 2.03. The molecule has 0 aromatic carbocycles. The van der Waals surface area contributed by atoms with Gasteiger partial charge >= 0.3 is 0 Å². The van der Waals surface area contributed by atoms with E-state index in [0.717, 1.165) is 12.8 Å². The van der Waals surface area contributed by atoms with Gasteiger partial charge in [-0.1, -0.05) is 23.8 Å². The molecular weight excluding hydrogens is 110 g/mol. The minimum atomic E-state index is 0.245. The van der Waals surface area contributed by atoms with Gasteiger partial charge in [-0.25, -0.2) is 0 Å². The van der Waals surface area contributed by atoms with Crippen LogP contribution in [-0.4, -0.2) is 6.04 Å². The molecule has 0 aliphatic heterocycles. The highest BCUT2D eigenvalue weighted by Gasteiger charge is 2.02. The number of hydrogen-bond acceptors (Lipinski definition) is 1. The lowest BCUT2D eigenvalue weighted by Crippen LogP contribution is -2.18. The van der Waals surface area contributed by atoms with Crippen LogP contribution in [0.1, 0.15) is 19.8 Å². The van der Waals surface area contributed by atoms with Gasteiger partial charge in [0.05, 0.1) is 0 Å². The molecule has 1 nitrogen and oxygen atoms in total. The van der Waals surface area contributed by atoms with Crippen molar-refractivity contribution in [2.75, 3.05) is 0 Å². The van der Waals surface area contributed by atoms with Crippen molar-refractivity contribution in [2.24, 2.45) is 5.73 Å². The van der Waals surface area contributed by atoms with E-state index in [1.165, 1.54) is 5.57 Å². The lowest BCUT2D eigenvalue weighted by Gasteiger charge is -2.11. The Morgan fingerprint density at radius 1 is 1.67 bits per heavy atom. The SMILES string of the molecule is C[C@@H](N)C1=CC=CCC1. The molecule has 0 unspecified atom stereocenters. The third kappa shape index (κ3) is 1.68. The first kappa shape index (κ1) is 6.56. The molecule has 0 radical (unpaired) electrons. The summed E-state index contributed by atoms with van der Waals surface area (Å²) in [6, 6.07) is 0.245. The molecule has 1 atom stereocenters. The van der Waals surface area contributed by atoms with Gasteiger partial charge in [-0.2, -0.15) is 0 Å². The van der Waals surface area contributed by atoms with Gasteiger partial charge < -0.3 is 5.73 Å². The highest BCUT2D eigenvalue weighted by molar-refractivity contribution is 5.20. The van der Waals surface area contributed by atoms with E-state index < -0.39 is 0 Å². The summed E-state index contributed by atoms with van der Waals surface area (Å²) in [5.41, 5.74) is 7.04. The molecule has 0 saturated heterocycles. The van der Waals surface area contributed by atoms with Crippen molar-refractivity contribution in [3.05, 3.63) is 23.8 Å². The van der Waals surface area contributed by atoms with E-state index >= 15 is 0 Å². The fraction of sp³-hybridized carbons (Fsp3) is 0.500. The first-order chi connectivity index (χ1) is 4.30. The van der Waals surface area contributed by atoms with Gasteiger partial charge in [0.15, 0.2) is 0 Å². The third-order valence-corrected chi connectivity index (χ3v) is 1.63. The number of allylic oxidation sites excluding steroid dienone is 3. The zero-order valence-corrected chi connectivity index (χ0v) is 5.80. The lowest BCUT2D eigenvalue weighted by molar-refractivity contribution is 0.781. The molecule has 0 heterocycles. The summed E-state index contributed by atoms with van der Waals surface area (Å²) >= 11 is 0. The van der Waals surface area contributed by atoms with Gasteiger partial charge in [-0.05, 0) is 19.8 Å². The van der Waals surface area contributed by atoms with Crippen LogP contribution < -0.4 is 5.73 Å². The average molecular weight is 123 g/mol. The van der Waals surface area contributed by atoms with Crippen LogP contribution in [0.2, 0.25) is 0 Å². The Bertz CT molecular complexity index is 143. The molecule has 0 aromatic heterocycles. The molecule has 0 saturated carbocycles. The predicted octanol–water partition coefficient (Wildman–Crippen LogP) is 1.61. The monoisotopic (exact) mass is 123 g/mol. The molecule has 1 rings (SSSR count). The van der Waals surface area contributed by atoms with E-state index in [2.05, 4.69) is 18.2 Å². The summed E-state index contributed by atoms with van der Waals surface area (Å²) in [7, 11) is 0. The highest BCUT2D eigenvalue weighted by Crippen LogP contribution is 2.13. The second-order valence-corrected chi connectivity index (χ2v) is 2.50. The largest absolute Gasteiger partial charge is 0.324 e. The highest BCUT2D eigenvalue weighted by atomic mass is 14.6. The summed E-state index contributed by atoms with van der Waals surface area (Å²) < 4.78 is 0. The Morgan fingerprint density at radius 2 is 2.44 bits per heavy atom. The van der Waals surface area contributed by atoms with Crippen molar-refractivity contribution in [3.63, 3.8) is 0 Å². The lowest BCUT2D eigenvalue weighted by atomic mass is 10.00. The van der Waals surface area contributed by atoms with Gasteiger partial charge in [0.2, 0.25) is 0 Å². The van der Waals surface area contributed by atoms with Crippen molar-refractivity contribution in [1.82, 2.24) is 0 Å². The Labute approximate surface area is 56.2 Å². The first-order valence-electron chi connectivity index (χ1n) is 3.42. The van der Waals surface area contributed by atoms with E-state index in [0.29, 0.717) is 0 Å². The Kier molecular flexibility index (Phi) is 2.06. The second-order valence-electron chi connectivity index (χ2n) is 2.50. The molecule has 0 aromatic rings. The van der Waals surface area contributed by atoms with Crippen LogP contribution in [0.3, 0.4) is 0 Å². The summed E-state index contributed by atoms with van der Waals surface area (Å²) in [4.78, 5) is 0. The van der Waals surface area contributed by atoms with E-state index in [1.807, 2.05) is 6.92 Å². The van der Waals surface area contributed by atoms with Crippen LogP contribution >= 0.6 is 0 Å². The fourth-order valence-corrected chi connectivity index (χ4v) is 1.00. The van der Waals surface area contributed by atoms with E-state index in [-0.39, 0.29) is 6.04 Å². The summed E-state index contributed by atoms with van der Waals surface area (Å²) in [5, 5.41) is 0. The topological polar surface area (TPSA) is 26.0 Å². The van der Waals surface area contributed by atoms with Crippen molar-refractivity contribution in [3.8, 4) is 0 Å². The van der Waals surface area contributed by atoms with Crippen molar-refractivity contribution in [1.29, 1.82) is 0 Å². The molecule has 0 spiro atoms. The maximum Gasteiger partial charge on any atom is 0.0227 e. The quantitative estimate of drug-likeness (QED) is 0.563. The van der Waals surface area contributed by atoms with Gasteiger partial charge in [0, 0.05) is 6.04 Å². The molecular formula is C8H13N. The average Bonchev–Trinajstić information content (AvgIpc) is 1.90. The normalized spacial score (nSPS) is 21.3. The van der Waals surface area contributed by atoms with Gasteiger partial charge in [-0.15, -0.1) is 0 Å². The van der Waals surface area contributed by atoms with E-state index in [1.54, 1.807) is 0 Å². The number of hydrogen-bond donors (Lipinski definition) is 1. The number of rotatable bonds is 1.